The van der Waals surface area contributed by atoms with Gasteiger partial charge in [0.1, 0.15) is 30.6 Å². The summed E-state index contributed by atoms with van der Waals surface area (Å²) in [5.41, 5.74) is 2.88. The normalized spacial score (nSPS) is 23.1. The van der Waals surface area contributed by atoms with Crippen LogP contribution in [-0.2, 0) is 31.0 Å². The molecule has 1 saturated heterocycles. The molecule has 1 amide bonds. The first-order chi connectivity index (χ1) is 16.8. The van der Waals surface area contributed by atoms with Crippen molar-refractivity contribution in [2.75, 3.05) is 26.4 Å². The number of nitrogens with zero attached hydrogens (tertiary/aromatic N) is 1. The van der Waals surface area contributed by atoms with E-state index in [0.29, 0.717) is 23.3 Å². The maximum atomic E-state index is 13.3. The molecule has 1 heterocycles. The van der Waals surface area contributed by atoms with Crippen molar-refractivity contribution in [3.63, 3.8) is 0 Å². The Labute approximate surface area is 203 Å². The van der Waals surface area contributed by atoms with E-state index >= 15 is 0 Å². The van der Waals surface area contributed by atoms with Crippen molar-refractivity contribution in [3.8, 4) is 5.75 Å². The summed E-state index contributed by atoms with van der Waals surface area (Å²) in [5.74, 6) is -0.569. The lowest BCUT2D eigenvalue weighted by molar-refractivity contribution is -0.158. The first kappa shape index (κ1) is 27.0. The van der Waals surface area contributed by atoms with Gasteiger partial charge in [0.25, 0.3) is 5.91 Å². The lowest BCUT2D eigenvalue weighted by Crippen LogP contribution is -2.66. The van der Waals surface area contributed by atoms with Gasteiger partial charge >= 0.3 is 0 Å². The van der Waals surface area contributed by atoms with Crippen LogP contribution in [0, 0.1) is 0 Å². The molecule has 0 spiro atoms. The van der Waals surface area contributed by atoms with E-state index in [9.17, 15) is 28.5 Å². The van der Waals surface area contributed by atoms with E-state index in [1.54, 1.807) is 24.3 Å². The lowest BCUT2D eigenvalue weighted by Gasteiger charge is -2.41. The molecule has 0 aliphatic carbocycles. The monoisotopic (exact) mass is 510 g/mol. The number of piperidine rings is 1. The largest absolute Gasteiger partial charge is 0.491 e. The summed E-state index contributed by atoms with van der Waals surface area (Å²) in [4.78, 5) is 17.8. The number of carbonyl (C=O) groups is 1. The topological polar surface area (TPSA) is 155 Å². The second kappa shape index (κ2) is 12.4. The second-order valence-electron chi connectivity index (χ2n) is 7.83. The van der Waals surface area contributed by atoms with Crippen molar-refractivity contribution in [1.29, 1.82) is 0 Å². The van der Waals surface area contributed by atoms with Gasteiger partial charge < -0.3 is 24.8 Å². The van der Waals surface area contributed by atoms with E-state index in [4.69, 9.17) is 14.3 Å². The molecule has 192 valence electrons. The predicted molar refractivity (Wildman–Crippen MR) is 124 cm³/mol. The Morgan fingerprint density at radius 3 is 2.37 bits per heavy atom. The van der Waals surface area contributed by atoms with Crippen LogP contribution in [0.15, 0.2) is 59.5 Å². The number of ether oxygens (including phenoxy) is 2. The number of sulfonamides is 1. The number of aliphatic hydroxyl groups is 3. The second-order valence-corrected chi connectivity index (χ2v) is 9.72. The predicted octanol–water partition coefficient (Wildman–Crippen LogP) is -0.194. The SMILES string of the molecule is CCOCCOc1ccc(S(=O)(=O)N2C[C@H](O)[C@@H](O)[C@H](O)[C@@H]2C(=O)NOCc2ccccc2)cc1. The van der Waals surface area contributed by atoms with Crippen LogP contribution in [0.1, 0.15) is 12.5 Å². The molecular formula is C23H30N2O9S. The molecule has 35 heavy (non-hydrogen) atoms. The maximum Gasteiger partial charge on any atom is 0.264 e. The zero-order valence-corrected chi connectivity index (χ0v) is 20.0. The molecule has 0 bridgehead atoms. The van der Waals surface area contributed by atoms with Crippen molar-refractivity contribution in [3.05, 3.63) is 60.2 Å². The van der Waals surface area contributed by atoms with Gasteiger partial charge in [0.15, 0.2) is 0 Å². The summed E-state index contributed by atoms with van der Waals surface area (Å²) in [7, 11) is -4.36. The standard InChI is InChI=1S/C23H30N2O9S/c1-2-32-12-13-33-17-8-10-18(11-9-17)35(30,31)25-14-19(26)21(27)22(28)20(25)23(29)24-34-15-16-6-4-3-5-7-16/h3-11,19-22,26-28H,2,12-15H2,1H3,(H,24,29)/t19-,20+,21+,22+/m0/s1. The van der Waals surface area contributed by atoms with Gasteiger partial charge in [0, 0.05) is 13.2 Å². The number of aliphatic hydroxyl groups excluding tert-OH is 3. The van der Waals surface area contributed by atoms with Gasteiger partial charge in [-0.05, 0) is 36.8 Å². The third-order valence-electron chi connectivity index (χ3n) is 5.40. The summed E-state index contributed by atoms with van der Waals surface area (Å²) in [6.45, 7) is 2.46. The average Bonchev–Trinajstić information content (AvgIpc) is 2.85. The van der Waals surface area contributed by atoms with Crippen molar-refractivity contribution in [1.82, 2.24) is 9.79 Å². The summed E-state index contributed by atoms with van der Waals surface area (Å²) in [5, 5.41) is 30.7. The molecule has 0 radical (unpaired) electrons. The molecule has 0 saturated carbocycles. The Balaban J connectivity index is 1.74. The van der Waals surface area contributed by atoms with E-state index in [2.05, 4.69) is 5.48 Å². The fourth-order valence-corrected chi connectivity index (χ4v) is 5.17. The number of nitrogens with one attached hydrogen (secondary N) is 1. The zero-order valence-electron chi connectivity index (χ0n) is 19.2. The number of hydrogen-bond donors (Lipinski definition) is 4. The number of β-amino-alcohol motifs (C(OH)–C–C–N with tert-alkyl or cyclic N) is 1. The lowest BCUT2D eigenvalue weighted by atomic mass is 9.95. The van der Waals surface area contributed by atoms with Crippen molar-refractivity contribution >= 4 is 15.9 Å². The van der Waals surface area contributed by atoms with Crippen LogP contribution in [0.3, 0.4) is 0 Å². The molecule has 1 aliphatic rings. The van der Waals surface area contributed by atoms with Crippen molar-refractivity contribution < 1.29 is 42.8 Å². The number of amides is 1. The van der Waals surface area contributed by atoms with Crippen LogP contribution in [0.2, 0.25) is 0 Å². The number of hydrogen-bond acceptors (Lipinski definition) is 9. The molecule has 1 fully saturated rings. The maximum absolute atomic E-state index is 13.3. The van der Waals surface area contributed by atoms with E-state index in [0.717, 1.165) is 5.56 Å². The number of hydroxylamine groups is 1. The first-order valence-electron chi connectivity index (χ1n) is 11.1. The Kier molecular flexibility index (Phi) is 9.57. The number of benzene rings is 2. The Bertz CT molecular complexity index is 1050. The third kappa shape index (κ3) is 6.76. The van der Waals surface area contributed by atoms with Crippen LogP contribution in [-0.4, -0.2) is 84.7 Å². The van der Waals surface area contributed by atoms with Crippen molar-refractivity contribution in [2.24, 2.45) is 0 Å². The molecule has 2 aromatic carbocycles. The van der Waals surface area contributed by atoms with Gasteiger partial charge in [-0.25, -0.2) is 13.9 Å². The fraction of sp³-hybridized carbons (Fsp3) is 0.435. The molecule has 1 aliphatic heterocycles. The van der Waals surface area contributed by atoms with E-state index in [1.807, 2.05) is 13.0 Å². The summed E-state index contributed by atoms with van der Waals surface area (Å²) >= 11 is 0. The Hall–Kier alpha value is -2.58. The van der Waals surface area contributed by atoms with Gasteiger partial charge in [-0.2, -0.15) is 4.31 Å². The third-order valence-corrected chi connectivity index (χ3v) is 7.26. The highest BCUT2D eigenvalue weighted by Crippen LogP contribution is 2.28. The van der Waals surface area contributed by atoms with Crippen LogP contribution in [0.25, 0.3) is 0 Å². The van der Waals surface area contributed by atoms with Crippen LogP contribution in [0.5, 0.6) is 5.75 Å². The van der Waals surface area contributed by atoms with Gasteiger partial charge in [0.05, 0.1) is 24.2 Å². The summed E-state index contributed by atoms with van der Waals surface area (Å²) < 4.78 is 38.0. The Morgan fingerprint density at radius 1 is 1.03 bits per heavy atom. The minimum Gasteiger partial charge on any atom is -0.491 e. The average molecular weight is 511 g/mol. The minimum atomic E-state index is -4.36. The highest BCUT2D eigenvalue weighted by Gasteiger charge is 2.50. The molecule has 4 N–H and O–H groups in total. The molecule has 0 aromatic heterocycles. The van der Waals surface area contributed by atoms with Gasteiger partial charge in [-0.3, -0.25) is 9.63 Å². The first-order valence-corrected chi connectivity index (χ1v) is 12.5. The highest BCUT2D eigenvalue weighted by molar-refractivity contribution is 7.89. The quantitative estimate of drug-likeness (QED) is 0.238. The van der Waals surface area contributed by atoms with Crippen LogP contribution in [0.4, 0.5) is 0 Å². The van der Waals surface area contributed by atoms with E-state index < -0.39 is 46.8 Å². The van der Waals surface area contributed by atoms with Crippen LogP contribution < -0.4 is 10.2 Å². The summed E-state index contributed by atoms with van der Waals surface area (Å²) in [6.07, 6.45) is -5.22. The smallest absolute Gasteiger partial charge is 0.264 e. The highest BCUT2D eigenvalue weighted by atomic mass is 32.2. The molecular weight excluding hydrogens is 480 g/mol. The van der Waals surface area contributed by atoms with Gasteiger partial charge in [0.2, 0.25) is 10.0 Å². The molecule has 12 heteroatoms. The summed E-state index contributed by atoms with van der Waals surface area (Å²) in [6, 6.07) is 12.6. The van der Waals surface area contributed by atoms with E-state index in [1.165, 1.54) is 24.3 Å². The van der Waals surface area contributed by atoms with E-state index in [-0.39, 0.29) is 18.1 Å². The van der Waals surface area contributed by atoms with Gasteiger partial charge in [-0.15, -0.1) is 0 Å². The molecule has 2 aromatic rings. The molecule has 0 unspecified atom stereocenters. The molecule has 3 rings (SSSR count). The molecule has 4 atom stereocenters. The van der Waals surface area contributed by atoms with Crippen LogP contribution >= 0.6 is 0 Å². The van der Waals surface area contributed by atoms with Crippen molar-refractivity contribution in [2.45, 2.75) is 42.8 Å². The minimum absolute atomic E-state index is 0.00190. The molecule has 11 nitrogen and oxygen atoms in total. The van der Waals surface area contributed by atoms with Gasteiger partial charge in [-0.1, -0.05) is 30.3 Å². The zero-order chi connectivity index (χ0) is 25.4. The fourth-order valence-electron chi connectivity index (χ4n) is 3.56. The Morgan fingerprint density at radius 2 is 1.71 bits per heavy atom. The number of carbonyl (C=O) groups excluding carboxylic acids is 1. The number of rotatable bonds is 11.